The van der Waals surface area contributed by atoms with Gasteiger partial charge in [0.1, 0.15) is 0 Å². The fraction of sp³-hybridized carbons (Fsp3) is 0. The molecular weight excluding hydrogens is 280 g/mol. The first-order chi connectivity index (χ1) is 0. The summed E-state index contributed by atoms with van der Waals surface area (Å²) >= 11 is 0. The summed E-state index contributed by atoms with van der Waals surface area (Å²) < 4.78 is 0. The van der Waals surface area contributed by atoms with Gasteiger partial charge in [-0.3, -0.25) is 0 Å². The van der Waals surface area contributed by atoms with Gasteiger partial charge in [0.05, 0.1) is 0 Å². The normalized spacial score (nSPS) is 0. The standard InChI is InChI=1S/Ca.Cu.Fe.Mn.Zn.2H. The van der Waals surface area contributed by atoms with Gasteiger partial charge in [0.2, 0.25) is 0 Å². The molecule has 0 bridgehead atoms. The molecule has 0 unspecified atom stereocenters. The van der Waals surface area contributed by atoms with Gasteiger partial charge in [-0.1, -0.05) is 0 Å². The smallest absolute Gasteiger partial charge is 0 e. The summed E-state index contributed by atoms with van der Waals surface area (Å²) in [5.41, 5.74) is 0. The Morgan fingerprint density at radius 1 is 1.00 bits per heavy atom. The van der Waals surface area contributed by atoms with Crippen molar-refractivity contribution >= 4 is 37.7 Å². The van der Waals surface area contributed by atoms with E-state index in [1.165, 1.54) is 0 Å². The number of rotatable bonds is 0. The summed E-state index contributed by atoms with van der Waals surface area (Å²) in [5, 5.41) is 0. The first-order valence-electron chi connectivity index (χ1n) is 0. The van der Waals surface area contributed by atoms with Crippen LogP contribution in [0.2, 0.25) is 0 Å². The molecule has 0 amide bonds. The second-order valence-corrected chi connectivity index (χ2v) is 0. The summed E-state index contributed by atoms with van der Waals surface area (Å²) in [7, 11) is 0. The van der Waals surface area contributed by atoms with Gasteiger partial charge < -0.3 is 0 Å². The minimum absolute atomic E-state index is 0. The van der Waals surface area contributed by atoms with E-state index in [2.05, 4.69) is 0 Å². The van der Waals surface area contributed by atoms with E-state index in [9.17, 15) is 0 Å². The average Bonchev–Trinajstić information content (AvgIpc) is 0. The molecule has 2 radical (unpaired) electrons. The molecule has 0 N–H and O–H groups in total. The van der Waals surface area contributed by atoms with Gasteiger partial charge in [-0.2, -0.15) is 0 Å². The maximum absolute atomic E-state index is 0. The summed E-state index contributed by atoms with van der Waals surface area (Å²) in [4.78, 5) is 0. The van der Waals surface area contributed by atoms with Crippen molar-refractivity contribution in [3.05, 3.63) is 0 Å². The number of hydrogen-bond acceptors (Lipinski definition) is 0. The molecule has 0 aromatic heterocycles. The van der Waals surface area contributed by atoms with Gasteiger partial charge in [-0.15, -0.1) is 0 Å². The van der Waals surface area contributed by atoms with Crippen molar-refractivity contribution < 1.29 is 70.7 Å². The Morgan fingerprint density at radius 3 is 1.00 bits per heavy atom. The Balaban J connectivity index is 0. The summed E-state index contributed by atoms with van der Waals surface area (Å²) in [6, 6.07) is 0. The second kappa shape index (κ2) is 26.1. The van der Waals surface area contributed by atoms with Gasteiger partial charge in [0.15, 0.2) is 0 Å². The van der Waals surface area contributed by atoms with Gasteiger partial charge in [0.25, 0.3) is 0 Å². The predicted molar refractivity (Wildman–Crippen MR) is 8.54 cm³/mol. The Morgan fingerprint density at radius 2 is 1.00 bits per heavy atom. The molecule has 0 saturated carbocycles. The molecule has 0 fully saturated rings. The second-order valence-electron chi connectivity index (χ2n) is 0. The van der Waals surface area contributed by atoms with Crippen LogP contribution in [0.25, 0.3) is 0 Å². The summed E-state index contributed by atoms with van der Waals surface area (Å²) in [6.07, 6.45) is 0. The van der Waals surface area contributed by atoms with Crippen molar-refractivity contribution in [2.24, 2.45) is 0 Å². The van der Waals surface area contributed by atoms with Crippen LogP contribution in [0.4, 0.5) is 0 Å². The third-order valence-electron chi connectivity index (χ3n) is 0. The molecule has 0 aliphatic heterocycles. The summed E-state index contributed by atoms with van der Waals surface area (Å²) in [6.45, 7) is 0. The van der Waals surface area contributed by atoms with E-state index in [1.807, 2.05) is 0 Å². The molecule has 32 valence electrons. The summed E-state index contributed by atoms with van der Waals surface area (Å²) in [5.74, 6) is 0. The van der Waals surface area contributed by atoms with Gasteiger partial charge in [-0.25, -0.2) is 0 Å². The molecule has 0 spiro atoms. The maximum Gasteiger partial charge on any atom is 0 e. The third-order valence-corrected chi connectivity index (χ3v) is 0. The molecule has 0 rings (SSSR count). The fourth-order valence-corrected chi connectivity index (χ4v) is 0. The number of hydrogen-bond donors (Lipinski definition) is 0. The van der Waals surface area contributed by atoms with E-state index in [4.69, 9.17) is 0 Å². The van der Waals surface area contributed by atoms with Crippen LogP contribution in [0.3, 0.4) is 0 Å². The molecule has 0 aliphatic rings. The molecule has 0 heterocycles. The molecule has 0 atom stereocenters. The van der Waals surface area contributed by atoms with Crippen LogP contribution in [-0.4, -0.2) is 37.7 Å². The van der Waals surface area contributed by atoms with Gasteiger partial charge in [0, 0.05) is 70.7 Å². The van der Waals surface area contributed by atoms with Crippen molar-refractivity contribution in [3.63, 3.8) is 0 Å². The van der Waals surface area contributed by atoms with Gasteiger partial charge in [-0.05, 0) is 0 Å². The molecule has 0 aromatic rings. The maximum atomic E-state index is 0. The van der Waals surface area contributed by atoms with Crippen molar-refractivity contribution in [3.8, 4) is 0 Å². The Kier molecular flexibility index (Phi) is 206. The SMILES string of the molecule is [CaH2].[Cu].[Fe].[Mn].[Zn]. The molecule has 0 aliphatic carbocycles. The molecule has 0 saturated heterocycles. The van der Waals surface area contributed by atoms with E-state index >= 15 is 0 Å². The van der Waals surface area contributed by atoms with Crippen LogP contribution in [0.1, 0.15) is 0 Å². The molecule has 0 aromatic carbocycles. The van der Waals surface area contributed by atoms with Crippen LogP contribution < -0.4 is 0 Å². The molecule has 5 heavy (non-hydrogen) atoms. The van der Waals surface area contributed by atoms with E-state index in [1.54, 1.807) is 0 Å². The van der Waals surface area contributed by atoms with Crippen molar-refractivity contribution in [2.75, 3.05) is 0 Å². The Labute approximate surface area is 106 Å². The van der Waals surface area contributed by atoms with Crippen LogP contribution in [0.5, 0.6) is 0 Å². The van der Waals surface area contributed by atoms with Crippen LogP contribution in [0, 0.1) is 0 Å². The monoisotopic (exact) mass is 280 g/mol. The van der Waals surface area contributed by atoms with E-state index in [-0.39, 0.29) is 108 Å². The molecular formula is H2CaCuFeMnZn. The molecule has 0 nitrogen and oxygen atoms in total. The van der Waals surface area contributed by atoms with E-state index < -0.39 is 0 Å². The van der Waals surface area contributed by atoms with Crippen LogP contribution in [-0.2, 0) is 70.7 Å². The quantitative estimate of drug-likeness (QED) is 0.504. The van der Waals surface area contributed by atoms with Gasteiger partial charge >= 0.3 is 37.7 Å². The van der Waals surface area contributed by atoms with Crippen molar-refractivity contribution in [1.29, 1.82) is 0 Å². The minimum atomic E-state index is 0. The zero-order valence-corrected chi connectivity index (χ0v) is 7.93. The first-order valence-corrected chi connectivity index (χ1v) is 0. The minimum Gasteiger partial charge on any atom is 0 e. The largest absolute Gasteiger partial charge is 0 e. The van der Waals surface area contributed by atoms with Crippen LogP contribution >= 0.6 is 0 Å². The zero-order chi connectivity index (χ0) is 0. The fourth-order valence-electron chi connectivity index (χ4n) is 0. The Bertz CT molecular complexity index is 11.6. The topological polar surface area (TPSA) is 0 Å². The van der Waals surface area contributed by atoms with E-state index in [0.29, 0.717) is 0 Å². The Hall–Kier alpha value is 3.44. The first kappa shape index (κ1) is 39.5. The zero-order valence-electron chi connectivity index (χ0n) is 1.74. The van der Waals surface area contributed by atoms with Crippen molar-refractivity contribution in [2.45, 2.75) is 0 Å². The van der Waals surface area contributed by atoms with E-state index in [0.717, 1.165) is 0 Å². The molecule has 5 heteroatoms. The van der Waals surface area contributed by atoms with Crippen molar-refractivity contribution in [1.82, 2.24) is 0 Å². The van der Waals surface area contributed by atoms with Crippen LogP contribution in [0.15, 0.2) is 0 Å². The third kappa shape index (κ3) is 18.6. The predicted octanol–water partition coefficient (Wildman–Crippen LogP) is -0.926. The average molecular weight is 282 g/mol.